The number of rotatable bonds is 8. The number of alkyl halides is 1. The minimum absolute atomic E-state index is 0.594. The maximum absolute atomic E-state index is 5.91. The molecule has 0 amide bonds. The van der Waals surface area contributed by atoms with Crippen LogP contribution in [0.3, 0.4) is 0 Å². The Kier molecular flexibility index (Phi) is 6.07. The highest BCUT2D eigenvalue weighted by molar-refractivity contribution is 6.17. The molecule has 0 aliphatic carbocycles. The number of para-hydroxylation sites is 1. The first-order valence-electron chi connectivity index (χ1n) is 7.72. The van der Waals surface area contributed by atoms with E-state index < -0.39 is 0 Å². The van der Waals surface area contributed by atoms with E-state index in [9.17, 15) is 0 Å². The van der Waals surface area contributed by atoms with Crippen LogP contribution in [0.1, 0.15) is 31.7 Å². The van der Waals surface area contributed by atoms with E-state index in [0.717, 1.165) is 43.9 Å². The molecule has 0 spiro atoms. The van der Waals surface area contributed by atoms with Gasteiger partial charge in [0.25, 0.3) is 0 Å². The summed E-state index contributed by atoms with van der Waals surface area (Å²) in [5.74, 6) is 2.34. The number of aromatic nitrogens is 2. The molecule has 0 saturated carbocycles. The van der Waals surface area contributed by atoms with Crippen LogP contribution in [0.2, 0.25) is 0 Å². The number of aryl methyl sites for hydroxylation is 2. The summed E-state index contributed by atoms with van der Waals surface area (Å²) < 4.78 is 8.00. The zero-order chi connectivity index (χ0) is 15.2. The molecule has 1 heterocycles. The Morgan fingerprint density at radius 1 is 1.29 bits per heavy atom. The van der Waals surface area contributed by atoms with Gasteiger partial charge in [0.1, 0.15) is 5.82 Å². The van der Waals surface area contributed by atoms with Crippen LogP contribution in [0.5, 0.6) is 0 Å². The van der Waals surface area contributed by atoms with Gasteiger partial charge in [-0.3, -0.25) is 0 Å². The van der Waals surface area contributed by atoms with Crippen molar-refractivity contribution in [2.45, 2.75) is 40.2 Å². The fourth-order valence-electron chi connectivity index (χ4n) is 2.44. The van der Waals surface area contributed by atoms with E-state index in [-0.39, 0.29) is 0 Å². The number of benzene rings is 1. The summed E-state index contributed by atoms with van der Waals surface area (Å²) in [5.41, 5.74) is 3.48. The summed E-state index contributed by atoms with van der Waals surface area (Å²) in [4.78, 5) is 4.75. The van der Waals surface area contributed by atoms with Gasteiger partial charge in [0.2, 0.25) is 0 Å². The molecule has 0 aliphatic heterocycles. The van der Waals surface area contributed by atoms with Gasteiger partial charge in [0.05, 0.1) is 17.6 Å². The summed E-state index contributed by atoms with van der Waals surface area (Å²) in [7, 11) is 0. The second-order valence-electron chi connectivity index (χ2n) is 5.86. The molecule has 3 nitrogen and oxygen atoms in total. The third-order valence-electron chi connectivity index (χ3n) is 3.68. The standard InChI is InChI=1S/C17H25ClN2O/c1-13(2)8-11-21-12-10-20-15-6-4-5-14(3)17(15)19-16(20)7-9-18/h4-6,13H,7-12H2,1-3H3. The lowest BCUT2D eigenvalue weighted by molar-refractivity contribution is 0.116. The monoisotopic (exact) mass is 308 g/mol. The Hall–Kier alpha value is -1.06. The van der Waals surface area contributed by atoms with E-state index in [1.807, 2.05) is 0 Å². The van der Waals surface area contributed by atoms with Crippen molar-refractivity contribution in [3.63, 3.8) is 0 Å². The van der Waals surface area contributed by atoms with Crippen molar-refractivity contribution in [3.8, 4) is 0 Å². The Morgan fingerprint density at radius 3 is 2.81 bits per heavy atom. The highest BCUT2D eigenvalue weighted by atomic mass is 35.5. The van der Waals surface area contributed by atoms with Gasteiger partial charge in [0.15, 0.2) is 0 Å². The number of hydrogen-bond donors (Lipinski definition) is 0. The minimum Gasteiger partial charge on any atom is -0.380 e. The van der Waals surface area contributed by atoms with Crippen LogP contribution in [0, 0.1) is 12.8 Å². The molecule has 0 saturated heterocycles. The average molecular weight is 309 g/mol. The van der Waals surface area contributed by atoms with E-state index in [0.29, 0.717) is 11.8 Å². The Bertz CT molecular complexity index is 577. The third kappa shape index (κ3) is 4.21. The first kappa shape index (κ1) is 16.3. The second-order valence-corrected chi connectivity index (χ2v) is 6.23. The number of ether oxygens (including phenoxy) is 1. The molecular formula is C17H25ClN2O. The van der Waals surface area contributed by atoms with Crippen LogP contribution >= 0.6 is 11.6 Å². The molecule has 4 heteroatoms. The third-order valence-corrected chi connectivity index (χ3v) is 3.87. The maximum atomic E-state index is 5.91. The van der Waals surface area contributed by atoms with Gasteiger partial charge in [0, 0.05) is 25.5 Å². The second kappa shape index (κ2) is 7.81. The largest absolute Gasteiger partial charge is 0.380 e. The molecule has 1 aromatic carbocycles. The van der Waals surface area contributed by atoms with Crippen LogP contribution < -0.4 is 0 Å². The van der Waals surface area contributed by atoms with E-state index >= 15 is 0 Å². The van der Waals surface area contributed by atoms with Gasteiger partial charge in [-0.15, -0.1) is 11.6 Å². The molecule has 116 valence electrons. The molecule has 0 unspecified atom stereocenters. The number of imidazole rings is 1. The van der Waals surface area contributed by atoms with E-state index in [1.165, 1.54) is 11.1 Å². The Labute approximate surface area is 132 Å². The fourth-order valence-corrected chi connectivity index (χ4v) is 2.61. The fraction of sp³-hybridized carbons (Fsp3) is 0.588. The lowest BCUT2D eigenvalue weighted by Crippen LogP contribution is -2.11. The van der Waals surface area contributed by atoms with Gasteiger partial charge in [-0.1, -0.05) is 26.0 Å². The van der Waals surface area contributed by atoms with E-state index in [1.54, 1.807) is 0 Å². The molecule has 0 bridgehead atoms. The highest BCUT2D eigenvalue weighted by Crippen LogP contribution is 2.20. The van der Waals surface area contributed by atoms with Crippen molar-refractivity contribution in [1.82, 2.24) is 9.55 Å². The van der Waals surface area contributed by atoms with Crippen LogP contribution in [-0.4, -0.2) is 28.6 Å². The molecule has 0 N–H and O–H groups in total. The zero-order valence-electron chi connectivity index (χ0n) is 13.2. The van der Waals surface area contributed by atoms with Gasteiger partial charge >= 0.3 is 0 Å². The molecule has 21 heavy (non-hydrogen) atoms. The summed E-state index contributed by atoms with van der Waals surface area (Å²) in [6, 6.07) is 6.31. The van der Waals surface area contributed by atoms with Crippen LogP contribution in [-0.2, 0) is 17.7 Å². The van der Waals surface area contributed by atoms with Crippen molar-refractivity contribution in [1.29, 1.82) is 0 Å². The topological polar surface area (TPSA) is 27.1 Å². The van der Waals surface area contributed by atoms with Crippen molar-refractivity contribution >= 4 is 22.6 Å². The summed E-state index contributed by atoms with van der Waals surface area (Å²) in [6.07, 6.45) is 1.90. The zero-order valence-corrected chi connectivity index (χ0v) is 14.0. The number of hydrogen-bond acceptors (Lipinski definition) is 2. The molecule has 0 atom stereocenters. The average Bonchev–Trinajstić information content (AvgIpc) is 2.78. The van der Waals surface area contributed by atoms with Crippen LogP contribution in [0.15, 0.2) is 18.2 Å². The highest BCUT2D eigenvalue weighted by Gasteiger charge is 2.11. The van der Waals surface area contributed by atoms with Crippen molar-refractivity contribution in [2.24, 2.45) is 5.92 Å². The number of nitrogens with zero attached hydrogens (tertiary/aromatic N) is 2. The quantitative estimate of drug-likeness (QED) is 0.540. The van der Waals surface area contributed by atoms with Crippen molar-refractivity contribution in [3.05, 3.63) is 29.6 Å². The lowest BCUT2D eigenvalue weighted by Gasteiger charge is -2.10. The molecule has 2 rings (SSSR count). The maximum Gasteiger partial charge on any atom is 0.111 e. The normalized spacial score (nSPS) is 11.7. The Morgan fingerprint density at radius 2 is 2.10 bits per heavy atom. The summed E-state index contributed by atoms with van der Waals surface area (Å²) >= 11 is 5.91. The Balaban J connectivity index is 2.09. The van der Waals surface area contributed by atoms with Crippen LogP contribution in [0.25, 0.3) is 11.0 Å². The van der Waals surface area contributed by atoms with Gasteiger partial charge in [-0.05, 0) is 30.9 Å². The van der Waals surface area contributed by atoms with E-state index in [4.69, 9.17) is 21.3 Å². The number of halogens is 1. The molecule has 0 radical (unpaired) electrons. The van der Waals surface area contributed by atoms with Gasteiger partial charge in [-0.2, -0.15) is 0 Å². The van der Waals surface area contributed by atoms with Crippen molar-refractivity contribution in [2.75, 3.05) is 19.1 Å². The van der Waals surface area contributed by atoms with Gasteiger partial charge in [-0.25, -0.2) is 4.98 Å². The molecular weight excluding hydrogens is 284 g/mol. The van der Waals surface area contributed by atoms with E-state index in [2.05, 4.69) is 43.5 Å². The molecule has 2 aromatic rings. The number of fused-ring (bicyclic) bond motifs is 1. The smallest absolute Gasteiger partial charge is 0.111 e. The summed E-state index contributed by atoms with van der Waals surface area (Å²) in [6.45, 7) is 8.92. The molecule has 0 fully saturated rings. The van der Waals surface area contributed by atoms with Crippen LogP contribution in [0.4, 0.5) is 0 Å². The predicted molar refractivity (Wildman–Crippen MR) is 89.2 cm³/mol. The lowest BCUT2D eigenvalue weighted by atomic mass is 10.1. The van der Waals surface area contributed by atoms with Gasteiger partial charge < -0.3 is 9.30 Å². The van der Waals surface area contributed by atoms with Crippen molar-refractivity contribution < 1.29 is 4.74 Å². The predicted octanol–water partition coefficient (Wildman–Crippen LogP) is 4.19. The first-order valence-corrected chi connectivity index (χ1v) is 8.25. The molecule has 1 aromatic heterocycles. The minimum atomic E-state index is 0.594. The molecule has 0 aliphatic rings. The summed E-state index contributed by atoms with van der Waals surface area (Å²) in [5, 5.41) is 0. The SMILES string of the molecule is Cc1cccc2c1nc(CCCl)n2CCOCCC(C)C. The first-order chi connectivity index (χ1) is 10.1.